The third-order valence-electron chi connectivity index (χ3n) is 8.51. The van der Waals surface area contributed by atoms with Crippen molar-refractivity contribution >= 4 is 11.3 Å². The van der Waals surface area contributed by atoms with Crippen LogP contribution in [0, 0.1) is 34.5 Å². The predicted octanol–water partition coefficient (Wildman–Crippen LogP) is 6.17. The molecule has 0 radical (unpaired) electrons. The molecule has 0 saturated heterocycles. The fourth-order valence-corrected chi connectivity index (χ4v) is 7.01. The third kappa shape index (κ3) is 2.60. The van der Waals surface area contributed by atoms with E-state index >= 15 is 0 Å². The van der Waals surface area contributed by atoms with E-state index < -0.39 is 5.95 Å². The van der Waals surface area contributed by atoms with Crippen LogP contribution in [0.3, 0.4) is 0 Å². The van der Waals surface area contributed by atoms with Gasteiger partial charge < -0.3 is 5.21 Å². The standard InChI is InChI=1S/C25H29FN2O/c1-15-12-18-20-6-5-19(16-4-7-23(26)27-14-16)24(20,2)11-9-21(18)25(3)10-8-17(28-29)13-22(15)25/h4-7,13-15,18,21,29H,8-12H2,1-3H3/b28-17+/t15?,18-,21-,24+,25+/m0/s1. The van der Waals surface area contributed by atoms with Crippen molar-refractivity contribution in [1.29, 1.82) is 0 Å². The topological polar surface area (TPSA) is 45.5 Å². The minimum atomic E-state index is -0.425. The Hall–Kier alpha value is -2.23. The Kier molecular flexibility index (Phi) is 4.13. The number of nitrogens with zero attached hydrogens (tertiary/aromatic N) is 2. The lowest BCUT2D eigenvalue weighted by molar-refractivity contribution is 0.0532. The molecule has 2 saturated carbocycles. The van der Waals surface area contributed by atoms with E-state index in [4.69, 9.17) is 0 Å². The quantitative estimate of drug-likeness (QED) is 0.353. The molecular formula is C25H29FN2O. The van der Waals surface area contributed by atoms with Crippen molar-refractivity contribution in [2.75, 3.05) is 0 Å². The van der Waals surface area contributed by atoms with Gasteiger partial charge in [0.25, 0.3) is 0 Å². The molecule has 0 aromatic carbocycles. The van der Waals surface area contributed by atoms with E-state index in [2.05, 4.69) is 49.1 Å². The summed E-state index contributed by atoms with van der Waals surface area (Å²) in [7, 11) is 0. The molecule has 5 rings (SSSR count). The lowest BCUT2D eigenvalue weighted by Crippen LogP contribution is -2.49. The van der Waals surface area contributed by atoms with E-state index in [9.17, 15) is 9.60 Å². The zero-order valence-electron chi connectivity index (χ0n) is 17.5. The molecule has 4 aliphatic rings. The van der Waals surface area contributed by atoms with Crippen LogP contribution in [0.15, 0.2) is 52.9 Å². The van der Waals surface area contributed by atoms with Crippen molar-refractivity contribution in [3.05, 3.63) is 59.2 Å². The molecule has 1 N–H and O–H groups in total. The van der Waals surface area contributed by atoms with Crippen LogP contribution in [0.5, 0.6) is 0 Å². The van der Waals surface area contributed by atoms with Gasteiger partial charge in [0.05, 0.1) is 5.71 Å². The summed E-state index contributed by atoms with van der Waals surface area (Å²) >= 11 is 0. The lowest BCUT2D eigenvalue weighted by atomic mass is 9.46. The summed E-state index contributed by atoms with van der Waals surface area (Å²) in [6.45, 7) is 7.14. The van der Waals surface area contributed by atoms with Crippen molar-refractivity contribution in [2.24, 2.45) is 33.7 Å². The van der Waals surface area contributed by atoms with Gasteiger partial charge in [0.1, 0.15) is 0 Å². The maximum atomic E-state index is 13.3. The van der Waals surface area contributed by atoms with Crippen LogP contribution in [0.4, 0.5) is 4.39 Å². The number of hydrogen-bond donors (Lipinski definition) is 1. The van der Waals surface area contributed by atoms with E-state index in [0.717, 1.165) is 37.0 Å². The minimum absolute atomic E-state index is 0.0182. The molecule has 1 aromatic rings. The van der Waals surface area contributed by atoms with Gasteiger partial charge in [-0.25, -0.2) is 4.98 Å². The van der Waals surface area contributed by atoms with Crippen molar-refractivity contribution in [2.45, 2.75) is 52.9 Å². The predicted molar refractivity (Wildman–Crippen MR) is 113 cm³/mol. The van der Waals surface area contributed by atoms with Gasteiger partial charge in [-0.05, 0) is 84.6 Å². The molecular weight excluding hydrogens is 363 g/mol. The van der Waals surface area contributed by atoms with Crippen LogP contribution in [-0.4, -0.2) is 15.9 Å². The first kappa shape index (κ1) is 18.8. The SMILES string of the molecule is CC1C[C@H]2C3=CC=C(c4ccc(F)nc4)[C@@]3(C)CC[C@@H]2[C@@]2(C)CC/C(=N\O)C=C12. The number of allylic oxidation sites excluding steroid dienone is 6. The van der Waals surface area contributed by atoms with Crippen LogP contribution in [0.25, 0.3) is 5.57 Å². The number of aromatic nitrogens is 1. The second-order valence-corrected chi connectivity index (χ2v) is 9.90. The highest BCUT2D eigenvalue weighted by molar-refractivity contribution is 5.96. The average molecular weight is 393 g/mol. The highest BCUT2D eigenvalue weighted by Gasteiger charge is 2.56. The maximum Gasteiger partial charge on any atom is 0.212 e. The molecule has 152 valence electrons. The molecule has 29 heavy (non-hydrogen) atoms. The summed E-state index contributed by atoms with van der Waals surface area (Å²) in [5.74, 6) is 1.26. The number of rotatable bonds is 1. The van der Waals surface area contributed by atoms with E-state index in [1.54, 1.807) is 11.8 Å². The largest absolute Gasteiger partial charge is 0.411 e. The van der Waals surface area contributed by atoms with Gasteiger partial charge in [-0.2, -0.15) is 4.39 Å². The summed E-state index contributed by atoms with van der Waals surface area (Å²) in [5, 5.41) is 12.8. The molecule has 0 bridgehead atoms. The fraction of sp³-hybridized carbons (Fsp3) is 0.520. The Bertz CT molecular complexity index is 973. The minimum Gasteiger partial charge on any atom is -0.411 e. The molecule has 1 aromatic heterocycles. The first-order valence-electron chi connectivity index (χ1n) is 10.8. The van der Waals surface area contributed by atoms with E-state index in [-0.39, 0.29) is 10.8 Å². The first-order valence-corrected chi connectivity index (χ1v) is 10.8. The Morgan fingerprint density at radius 3 is 2.72 bits per heavy atom. The molecule has 3 nitrogen and oxygen atoms in total. The number of pyridine rings is 1. The fourth-order valence-electron chi connectivity index (χ4n) is 7.01. The van der Waals surface area contributed by atoms with Crippen molar-refractivity contribution in [3.8, 4) is 0 Å². The Morgan fingerprint density at radius 1 is 1.17 bits per heavy atom. The molecule has 5 atom stereocenters. The monoisotopic (exact) mass is 392 g/mol. The molecule has 4 heteroatoms. The van der Waals surface area contributed by atoms with E-state index in [0.29, 0.717) is 17.8 Å². The van der Waals surface area contributed by atoms with Crippen LogP contribution in [0.1, 0.15) is 58.4 Å². The summed E-state index contributed by atoms with van der Waals surface area (Å²) in [6.07, 6.45) is 13.8. The van der Waals surface area contributed by atoms with Crippen LogP contribution in [0.2, 0.25) is 0 Å². The van der Waals surface area contributed by atoms with Crippen LogP contribution in [-0.2, 0) is 0 Å². The van der Waals surface area contributed by atoms with E-state index in [1.807, 2.05) is 6.07 Å². The van der Waals surface area contributed by atoms with Crippen molar-refractivity contribution in [3.63, 3.8) is 0 Å². The summed E-state index contributed by atoms with van der Waals surface area (Å²) in [4.78, 5) is 3.90. The van der Waals surface area contributed by atoms with Crippen molar-refractivity contribution < 1.29 is 9.60 Å². The normalized spacial score (nSPS) is 39.8. The smallest absolute Gasteiger partial charge is 0.212 e. The number of fused-ring (bicyclic) bond motifs is 5. The molecule has 2 fully saturated rings. The molecule has 0 amide bonds. The molecule has 1 unspecified atom stereocenters. The Morgan fingerprint density at radius 2 is 2.00 bits per heavy atom. The highest BCUT2D eigenvalue weighted by atomic mass is 19.1. The van der Waals surface area contributed by atoms with Gasteiger partial charge in [0.15, 0.2) is 0 Å². The zero-order chi connectivity index (χ0) is 20.4. The van der Waals surface area contributed by atoms with E-state index in [1.165, 1.54) is 23.6 Å². The summed E-state index contributed by atoms with van der Waals surface area (Å²) < 4.78 is 13.3. The summed E-state index contributed by atoms with van der Waals surface area (Å²) in [5.41, 5.74) is 6.39. The van der Waals surface area contributed by atoms with Gasteiger partial charge in [-0.3, -0.25) is 0 Å². The highest BCUT2D eigenvalue weighted by Crippen LogP contribution is 2.66. The van der Waals surface area contributed by atoms with Gasteiger partial charge in [0.2, 0.25) is 5.95 Å². The third-order valence-corrected chi connectivity index (χ3v) is 8.51. The second kappa shape index (κ2) is 6.38. The van der Waals surface area contributed by atoms with Gasteiger partial charge >= 0.3 is 0 Å². The number of halogens is 1. The number of hydrogen-bond acceptors (Lipinski definition) is 3. The van der Waals surface area contributed by atoms with Gasteiger partial charge in [-0.1, -0.05) is 49.2 Å². The molecule has 1 heterocycles. The molecule has 4 aliphatic carbocycles. The first-order chi connectivity index (χ1) is 13.9. The zero-order valence-corrected chi connectivity index (χ0v) is 17.5. The van der Waals surface area contributed by atoms with Crippen LogP contribution < -0.4 is 0 Å². The molecule has 0 spiro atoms. The maximum absolute atomic E-state index is 13.3. The molecule has 0 aliphatic heterocycles. The van der Waals surface area contributed by atoms with Gasteiger partial charge in [0, 0.05) is 11.6 Å². The lowest BCUT2D eigenvalue weighted by Gasteiger charge is -2.57. The number of oxime groups is 1. The Balaban J connectivity index is 1.50. The van der Waals surface area contributed by atoms with Gasteiger partial charge in [-0.15, -0.1) is 0 Å². The summed E-state index contributed by atoms with van der Waals surface area (Å²) in [6, 6.07) is 3.33. The average Bonchev–Trinajstić information content (AvgIpc) is 3.06. The van der Waals surface area contributed by atoms with Crippen molar-refractivity contribution in [1.82, 2.24) is 4.98 Å². The Labute approximate surface area is 172 Å². The second-order valence-electron chi connectivity index (χ2n) is 9.90. The van der Waals surface area contributed by atoms with Crippen LogP contribution >= 0.6 is 0 Å².